The van der Waals surface area contributed by atoms with Gasteiger partial charge in [0.15, 0.2) is 0 Å². The molecule has 0 saturated heterocycles. The Morgan fingerprint density at radius 1 is 1.00 bits per heavy atom. The Labute approximate surface area is 150 Å². The zero-order valence-corrected chi connectivity index (χ0v) is 14.7. The lowest BCUT2D eigenvalue weighted by atomic mass is 9.85. The Balaban J connectivity index is 2.25. The van der Waals surface area contributed by atoms with Gasteiger partial charge < -0.3 is 5.32 Å². The number of benzene rings is 2. The monoisotopic (exact) mass is 357 g/mol. The molecule has 0 unspecified atom stereocenters. The van der Waals surface area contributed by atoms with Crippen LogP contribution >= 0.6 is 0 Å². The highest BCUT2D eigenvalue weighted by Crippen LogP contribution is 2.31. The number of nitrogens with zero attached hydrogens (tertiary/aromatic N) is 2. The van der Waals surface area contributed by atoms with Gasteiger partial charge in [-0.15, -0.1) is 0 Å². The molecule has 0 bridgehead atoms. The summed E-state index contributed by atoms with van der Waals surface area (Å²) in [6.45, 7) is 5.50. The molecule has 0 spiro atoms. The molecule has 0 aromatic heterocycles. The summed E-state index contributed by atoms with van der Waals surface area (Å²) in [7, 11) is 0. The Morgan fingerprint density at radius 2 is 1.62 bits per heavy atom. The summed E-state index contributed by atoms with van der Waals surface area (Å²) < 4.78 is 0. The second kappa shape index (κ2) is 7.30. The first kappa shape index (κ1) is 19.0. The molecule has 0 saturated carbocycles. The molecule has 2 aromatic rings. The predicted molar refractivity (Wildman–Crippen MR) is 96.1 cm³/mol. The van der Waals surface area contributed by atoms with Gasteiger partial charge in [0, 0.05) is 35.4 Å². The van der Waals surface area contributed by atoms with Gasteiger partial charge in [-0.05, 0) is 11.5 Å². The summed E-state index contributed by atoms with van der Waals surface area (Å²) >= 11 is 0. The summed E-state index contributed by atoms with van der Waals surface area (Å²) in [5.41, 5.74) is 0.340. The van der Waals surface area contributed by atoms with Gasteiger partial charge in [-0.1, -0.05) is 45.0 Å². The van der Waals surface area contributed by atoms with Gasteiger partial charge in [0.05, 0.1) is 9.85 Å². The van der Waals surface area contributed by atoms with Gasteiger partial charge in [0.25, 0.3) is 17.3 Å². The molecular formula is C18H19N3O5. The third-order valence-corrected chi connectivity index (χ3v) is 3.89. The molecule has 0 aliphatic carbocycles. The lowest BCUT2D eigenvalue weighted by molar-refractivity contribution is -0.386. The number of hydrogen-bond acceptors (Lipinski definition) is 5. The van der Waals surface area contributed by atoms with Crippen LogP contribution in [0, 0.1) is 20.2 Å². The van der Waals surface area contributed by atoms with Crippen molar-refractivity contribution < 1.29 is 14.6 Å². The van der Waals surface area contributed by atoms with Crippen LogP contribution in [0.4, 0.5) is 11.4 Å². The van der Waals surface area contributed by atoms with Gasteiger partial charge in [0.1, 0.15) is 0 Å². The Hall–Kier alpha value is -3.29. The molecule has 1 amide bonds. The number of para-hydroxylation sites is 1. The molecule has 1 N–H and O–H groups in total. The van der Waals surface area contributed by atoms with Crippen molar-refractivity contribution in [2.24, 2.45) is 0 Å². The molecule has 2 aromatic carbocycles. The Morgan fingerprint density at radius 3 is 2.19 bits per heavy atom. The molecule has 136 valence electrons. The van der Waals surface area contributed by atoms with Crippen LogP contribution in [0.1, 0.15) is 42.3 Å². The molecule has 0 aliphatic rings. The second-order valence-electron chi connectivity index (χ2n) is 6.81. The van der Waals surface area contributed by atoms with E-state index in [-0.39, 0.29) is 23.5 Å². The van der Waals surface area contributed by atoms with Crippen LogP contribution in [0.15, 0.2) is 42.5 Å². The molecule has 8 heteroatoms. The van der Waals surface area contributed by atoms with E-state index in [9.17, 15) is 25.0 Å². The van der Waals surface area contributed by atoms with Gasteiger partial charge in [-0.2, -0.15) is 0 Å². The van der Waals surface area contributed by atoms with Crippen molar-refractivity contribution in [3.63, 3.8) is 0 Å². The molecule has 2 rings (SSSR count). The molecule has 8 nitrogen and oxygen atoms in total. The predicted octanol–water partition coefficient (Wildman–Crippen LogP) is 3.73. The fraction of sp³-hybridized carbons (Fsp3) is 0.278. The normalized spacial score (nSPS) is 11.0. The van der Waals surface area contributed by atoms with Crippen molar-refractivity contribution in [2.45, 2.75) is 32.7 Å². The minimum atomic E-state index is -0.535. The van der Waals surface area contributed by atoms with Gasteiger partial charge in [0.2, 0.25) is 0 Å². The maximum atomic E-state index is 12.3. The summed E-state index contributed by atoms with van der Waals surface area (Å²) in [4.78, 5) is 33.6. The van der Waals surface area contributed by atoms with Crippen molar-refractivity contribution in [3.05, 3.63) is 79.4 Å². The second-order valence-corrected chi connectivity index (χ2v) is 6.81. The number of carbonyl (C=O) groups excluding carboxylic acids is 1. The quantitative estimate of drug-likeness (QED) is 0.646. The number of nitrogens with one attached hydrogen (secondary N) is 1. The molecule has 0 fully saturated rings. The van der Waals surface area contributed by atoms with Crippen molar-refractivity contribution >= 4 is 17.3 Å². The highest BCUT2D eigenvalue weighted by Gasteiger charge is 2.26. The smallest absolute Gasteiger partial charge is 0.274 e. The Bertz CT molecular complexity index is 871. The van der Waals surface area contributed by atoms with E-state index in [1.165, 1.54) is 24.3 Å². The zero-order chi connectivity index (χ0) is 19.5. The van der Waals surface area contributed by atoms with Crippen LogP contribution in [0.25, 0.3) is 0 Å². The minimum Gasteiger partial charge on any atom is -0.348 e. The van der Waals surface area contributed by atoms with E-state index in [1.54, 1.807) is 18.2 Å². The van der Waals surface area contributed by atoms with E-state index in [4.69, 9.17) is 0 Å². The van der Waals surface area contributed by atoms with Crippen molar-refractivity contribution in [1.82, 2.24) is 5.32 Å². The van der Waals surface area contributed by atoms with E-state index in [0.29, 0.717) is 11.1 Å². The first-order chi connectivity index (χ1) is 12.1. The number of hydrogen-bond donors (Lipinski definition) is 1. The standard InChI is InChI=1S/C18H19N3O5/c1-18(2,3)14-9-8-12(10-16(14)21(25)26)17(22)19-11-13-6-4-5-7-15(13)20(23)24/h4-10H,11H2,1-3H3,(H,19,22). The molecule has 0 heterocycles. The number of nitro benzene ring substituents is 2. The van der Waals surface area contributed by atoms with Crippen LogP contribution in [0.3, 0.4) is 0 Å². The highest BCUT2D eigenvalue weighted by molar-refractivity contribution is 5.95. The van der Waals surface area contributed by atoms with Crippen LogP contribution in [-0.2, 0) is 12.0 Å². The fourth-order valence-corrected chi connectivity index (χ4v) is 2.57. The van der Waals surface area contributed by atoms with E-state index >= 15 is 0 Å². The lowest BCUT2D eigenvalue weighted by Crippen LogP contribution is -2.24. The number of carbonyl (C=O) groups is 1. The van der Waals surface area contributed by atoms with Gasteiger partial charge in [-0.25, -0.2) is 0 Å². The first-order valence-corrected chi connectivity index (χ1v) is 7.90. The molecule has 26 heavy (non-hydrogen) atoms. The first-order valence-electron chi connectivity index (χ1n) is 7.90. The van der Waals surface area contributed by atoms with Gasteiger partial charge in [-0.3, -0.25) is 25.0 Å². The number of amides is 1. The van der Waals surface area contributed by atoms with E-state index in [1.807, 2.05) is 20.8 Å². The van der Waals surface area contributed by atoms with Gasteiger partial charge >= 0.3 is 0 Å². The zero-order valence-electron chi connectivity index (χ0n) is 14.7. The topological polar surface area (TPSA) is 115 Å². The minimum absolute atomic E-state index is 0.0508. The van der Waals surface area contributed by atoms with Crippen molar-refractivity contribution in [1.29, 1.82) is 0 Å². The summed E-state index contributed by atoms with van der Waals surface area (Å²) in [6.07, 6.45) is 0. The van der Waals surface area contributed by atoms with E-state index in [2.05, 4.69) is 5.32 Å². The van der Waals surface area contributed by atoms with Crippen LogP contribution < -0.4 is 5.32 Å². The highest BCUT2D eigenvalue weighted by atomic mass is 16.6. The third kappa shape index (κ3) is 4.21. The van der Waals surface area contributed by atoms with Crippen LogP contribution in [0.2, 0.25) is 0 Å². The van der Waals surface area contributed by atoms with Crippen molar-refractivity contribution in [2.75, 3.05) is 0 Å². The lowest BCUT2D eigenvalue weighted by Gasteiger charge is -2.19. The van der Waals surface area contributed by atoms with E-state index < -0.39 is 21.2 Å². The average molecular weight is 357 g/mol. The maximum Gasteiger partial charge on any atom is 0.274 e. The largest absolute Gasteiger partial charge is 0.348 e. The van der Waals surface area contributed by atoms with Crippen LogP contribution in [0.5, 0.6) is 0 Å². The summed E-state index contributed by atoms with van der Waals surface area (Å²) in [6, 6.07) is 10.4. The molecular weight excluding hydrogens is 338 g/mol. The van der Waals surface area contributed by atoms with Crippen LogP contribution in [-0.4, -0.2) is 15.8 Å². The van der Waals surface area contributed by atoms with Crippen molar-refractivity contribution in [3.8, 4) is 0 Å². The average Bonchev–Trinajstić information content (AvgIpc) is 2.58. The molecule has 0 atom stereocenters. The maximum absolute atomic E-state index is 12.3. The molecule has 0 aliphatic heterocycles. The summed E-state index contributed by atoms with van der Waals surface area (Å²) in [5.74, 6) is -0.535. The summed E-state index contributed by atoms with van der Waals surface area (Å²) in [5, 5.41) is 24.9. The Kier molecular flexibility index (Phi) is 5.35. The SMILES string of the molecule is CC(C)(C)c1ccc(C(=O)NCc2ccccc2[N+](=O)[O-])cc1[N+](=O)[O-]. The number of nitro groups is 2. The fourth-order valence-electron chi connectivity index (χ4n) is 2.57. The third-order valence-electron chi connectivity index (χ3n) is 3.89. The van der Waals surface area contributed by atoms with E-state index in [0.717, 1.165) is 0 Å². The molecule has 0 radical (unpaired) electrons. The number of rotatable bonds is 5.